The second-order valence-corrected chi connectivity index (χ2v) is 7.45. The number of carbonyl (C=O) groups excluding carboxylic acids is 1. The van der Waals surface area contributed by atoms with E-state index in [0.29, 0.717) is 0 Å². The van der Waals surface area contributed by atoms with Gasteiger partial charge in [0.15, 0.2) is 0 Å². The molecule has 0 spiro atoms. The summed E-state index contributed by atoms with van der Waals surface area (Å²) in [4.78, 5) is 16.7. The van der Waals surface area contributed by atoms with E-state index in [2.05, 4.69) is 20.0 Å². The van der Waals surface area contributed by atoms with Crippen LogP contribution >= 0.6 is 0 Å². The van der Waals surface area contributed by atoms with Gasteiger partial charge in [-0.2, -0.15) is 5.10 Å². The van der Waals surface area contributed by atoms with Gasteiger partial charge in [-0.15, -0.1) is 0 Å². The molecule has 0 radical (unpaired) electrons. The highest BCUT2D eigenvalue weighted by Gasteiger charge is 2.11. The predicted octanol–water partition coefficient (Wildman–Crippen LogP) is 4.69. The number of nitrogens with one attached hydrogen (secondary N) is 1. The number of benzene rings is 2. The van der Waals surface area contributed by atoms with Crippen LogP contribution in [0.1, 0.15) is 28.3 Å². The molecule has 0 saturated heterocycles. The third-order valence-electron chi connectivity index (χ3n) is 5.25. The van der Waals surface area contributed by atoms with Crippen molar-refractivity contribution >= 4 is 17.7 Å². The van der Waals surface area contributed by atoms with Gasteiger partial charge in [-0.1, -0.05) is 30.3 Å². The largest absolute Gasteiger partial charge is 0.331 e. The van der Waals surface area contributed by atoms with Crippen molar-refractivity contribution in [3.63, 3.8) is 0 Å². The number of aromatic nitrogens is 4. The maximum atomic E-state index is 12.4. The topological polar surface area (TPSA) is 64.7 Å². The van der Waals surface area contributed by atoms with E-state index in [-0.39, 0.29) is 5.91 Å². The number of carbonyl (C=O) groups is 1. The molecule has 2 aromatic heterocycles. The molecule has 0 unspecified atom stereocenters. The number of para-hydroxylation sites is 1. The van der Waals surface area contributed by atoms with E-state index in [9.17, 15) is 4.79 Å². The highest BCUT2D eigenvalue weighted by Crippen LogP contribution is 2.19. The van der Waals surface area contributed by atoms with E-state index < -0.39 is 0 Å². The highest BCUT2D eigenvalue weighted by atomic mass is 16.1. The molecule has 1 N–H and O–H groups in total. The number of rotatable bonds is 6. The van der Waals surface area contributed by atoms with Crippen molar-refractivity contribution in [2.75, 3.05) is 5.32 Å². The van der Waals surface area contributed by atoms with E-state index >= 15 is 0 Å². The molecule has 0 saturated carbocycles. The molecule has 0 bridgehead atoms. The quantitative estimate of drug-likeness (QED) is 0.468. The Labute approximate surface area is 181 Å². The first-order chi connectivity index (χ1) is 15.0. The Bertz CT molecular complexity index is 1220. The zero-order valence-electron chi connectivity index (χ0n) is 17.9. The first-order valence-corrected chi connectivity index (χ1v) is 10.2. The van der Waals surface area contributed by atoms with Gasteiger partial charge in [0.05, 0.1) is 11.4 Å². The number of imidazole rings is 1. The van der Waals surface area contributed by atoms with Gasteiger partial charge in [-0.05, 0) is 56.7 Å². The van der Waals surface area contributed by atoms with Crippen molar-refractivity contribution in [1.82, 2.24) is 19.3 Å². The molecule has 2 heterocycles. The van der Waals surface area contributed by atoms with Gasteiger partial charge < -0.3 is 9.88 Å². The Morgan fingerprint density at radius 3 is 2.45 bits per heavy atom. The Balaban J connectivity index is 1.42. The summed E-state index contributed by atoms with van der Waals surface area (Å²) in [6.07, 6.45) is 7.13. The summed E-state index contributed by atoms with van der Waals surface area (Å²) >= 11 is 0. The number of amides is 1. The van der Waals surface area contributed by atoms with Crippen LogP contribution in [0.3, 0.4) is 0 Å². The van der Waals surface area contributed by atoms with Crippen LogP contribution in [-0.4, -0.2) is 25.2 Å². The number of hydrogen-bond donors (Lipinski definition) is 1. The molecule has 1 amide bonds. The maximum absolute atomic E-state index is 12.4. The molecule has 0 fully saturated rings. The fraction of sp³-hybridized carbons (Fsp3) is 0.160. The lowest BCUT2D eigenvalue weighted by molar-refractivity contribution is -0.111. The van der Waals surface area contributed by atoms with Crippen molar-refractivity contribution in [1.29, 1.82) is 0 Å². The molecule has 4 aromatic rings. The van der Waals surface area contributed by atoms with Crippen LogP contribution in [0, 0.1) is 20.8 Å². The monoisotopic (exact) mass is 411 g/mol. The first kappa shape index (κ1) is 20.3. The van der Waals surface area contributed by atoms with E-state index in [1.807, 2.05) is 92.3 Å². The molecule has 4 rings (SSSR count). The molecular formula is C25H25N5O. The van der Waals surface area contributed by atoms with Crippen LogP contribution < -0.4 is 5.32 Å². The minimum absolute atomic E-state index is 0.176. The first-order valence-electron chi connectivity index (χ1n) is 10.2. The molecule has 0 aliphatic carbocycles. The second kappa shape index (κ2) is 8.83. The lowest BCUT2D eigenvalue weighted by Crippen LogP contribution is -2.08. The fourth-order valence-corrected chi connectivity index (χ4v) is 3.52. The van der Waals surface area contributed by atoms with Gasteiger partial charge in [0, 0.05) is 42.0 Å². The molecule has 6 nitrogen and oxygen atoms in total. The number of anilines is 1. The molecule has 31 heavy (non-hydrogen) atoms. The van der Waals surface area contributed by atoms with E-state index in [0.717, 1.165) is 46.3 Å². The van der Waals surface area contributed by atoms with Gasteiger partial charge in [-0.3, -0.25) is 4.79 Å². The van der Waals surface area contributed by atoms with E-state index in [1.54, 1.807) is 12.3 Å². The van der Waals surface area contributed by atoms with Crippen molar-refractivity contribution in [3.8, 4) is 5.69 Å². The summed E-state index contributed by atoms with van der Waals surface area (Å²) in [6, 6.07) is 17.8. The Morgan fingerprint density at radius 1 is 1.03 bits per heavy atom. The van der Waals surface area contributed by atoms with Crippen molar-refractivity contribution in [2.24, 2.45) is 0 Å². The van der Waals surface area contributed by atoms with Crippen LogP contribution in [-0.2, 0) is 11.3 Å². The average Bonchev–Trinajstić information content (AvgIpc) is 3.30. The predicted molar refractivity (Wildman–Crippen MR) is 123 cm³/mol. The summed E-state index contributed by atoms with van der Waals surface area (Å²) in [5, 5.41) is 7.53. The molecule has 156 valence electrons. The van der Waals surface area contributed by atoms with Crippen molar-refractivity contribution < 1.29 is 4.79 Å². The van der Waals surface area contributed by atoms with Crippen LogP contribution in [0.5, 0.6) is 0 Å². The highest BCUT2D eigenvalue weighted by molar-refractivity contribution is 6.02. The maximum Gasteiger partial charge on any atom is 0.248 e. The van der Waals surface area contributed by atoms with Crippen LogP contribution in [0.2, 0.25) is 0 Å². The molecule has 0 atom stereocenters. The number of aryl methyl sites for hydroxylation is 2. The van der Waals surface area contributed by atoms with Crippen molar-refractivity contribution in [2.45, 2.75) is 27.3 Å². The van der Waals surface area contributed by atoms with Crippen molar-refractivity contribution in [3.05, 3.63) is 101 Å². The second-order valence-electron chi connectivity index (χ2n) is 7.45. The molecule has 6 heteroatoms. The van der Waals surface area contributed by atoms with Gasteiger partial charge in [0.25, 0.3) is 0 Å². The van der Waals surface area contributed by atoms with Crippen LogP contribution in [0.4, 0.5) is 5.69 Å². The van der Waals surface area contributed by atoms with Crippen LogP contribution in [0.25, 0.3) is 11.8 Å². The Morgan fingerprint density at radius 2 is 1.77 bits per heavy atom. The molecule has 0 aliphatic heterocycles. The Kier molecular flexibility index (Phi) is 5.80. The summed E-state index contributed by atoms with van der Waals surface area (Å²) in [6.45, 7) is 6.69. The third kappa shape index (κ3) is 4.64. The molecule has 0 aliphatic rings. The standard InChI is InChI=1S/C25H25N5O/c1-18-24(19(2)30(28-18)23-7-5-4-6-8-23)13-14-25(31)27-22-11-9-21(10-12-22)17-29-16-15-26-20(29)3/h4-16H,17H2,1-3H3,(H,27,31)/b14-13+. The Hall–Kier alpha value is -3.93. The third-order valence-corrected chi connectivity index (χ3v) is 5.25. The zero-order chi connectivity index (χ0) is 21.8. The van der Waals surface area contributed by atoms with Gasteiger partial charge in [0.2, 0.25) is 5.91 Å². The zero-order valence-corrected chi connectivity index (χ0v) is 17.9. The summed E-state index contributed by atoms with van der Waals surface area (Å²) in [5.74, 6) is 0.799. The van der Waals surface area contributed by atoms with Crippen LogP contribution in [0.15, 0.2) is 73.1 Å². The minimum atomic E-state index is -0.176. The lowest BCUT2D eigenvalue weighted by Gasteiger charge is -2.07. The smallest absolute Gasteiger partial charge is 0.248 e. The number of nitrogens with zero attached hydrogens (tertiary/aromatic N) is 4. The summed E-state index contributed by atoms with van der Waals surface area (Å²) < 4.78 is 3.98. The average molecular weight is 412 g/mol. The minimum Gasteiger partial charge on any atom is -0.331 e. The fourth-order valence-electron chi connectivity index (χ4n) is 3.52. The summed E-state index contributed by atoms with van der Waals surface area (Å²) in [7, 11) is 0. The SMILES string of the molecule is Cc1nn(-c2ccccc2)c(C)c1/C=C/C(=O)Nc1ccc(Cn2ccnc2C)cc1. The summed E-state index contributed by atoms with van der Waals surface area (Å²) in [5.41, 5.74) is 5.73. The lowest BCUT2D eigenvalue weighted by atomic mass is 10.1. The van der Waals surface area contributed by atoms with Gasteiger partial charge >= 0.3 is 0 Å². The molecule has 2 aromatic carbocycles. The van der Waals surface area contributed by atoms with Gasteiger partial charge in [-0.25, -0.2) is 9.67 Å². The van der Waals surface area contributed by atoms with Gasteiger partial charge in [0.1, 0.15) is 5.82 Å². The normalized spacial score (nSPS) is 11.2. The van der Waals surface area contributed by atoms with E-state index in [1.165, 1.54) is 0 Å². The molecular weight excluding hydrogens is 386 g/mol. The van der Waals surface area contributed by atoms with E-state index in [4.69, 9.17) is 0 Å². The number of hydrogen-bond acceptors (Lipinski definition) is 3.